The molecule has 2 aromatic rings. The van der Waals surface area contributed by atoms with Crippen molar-refractivity contribution in [3.05, 3.63) is 46.0 Å². The van der Waals surface area contributed by atoms with Crippen molar-refractivity contribution >= 4 is 17.3 Å². The van der Waals surface area contributed by atoms with E-state index in [4.69, 9.17) is 9.52 Å². The fourth-order valence-corrected chi connectivity index (χ4v) is 2.24. The van der Waals surface area contributed by atoms with E-state index in [9.17, 15) is 4.79 Å². The van der Waals surface area contributed by atoms with E-state index in [0.29, 0.717) is 12.3 Å². The van der Waals surface area contributed by atoms with Gasteiger partial charge in [0.25, 0.3) is 0 Å². The van der Waals surface area contributed by atoms with Gasteiger partial charge in [0.15, 0.2) is 0 Å². The molecule has 2 N–H and O–H groups in total. The molecule has 4 nitrogen and oxygen atoms in total. The number of hydrogen-bond donors (Lipinski definition) is 2. The molecule has 17 heavy (non-hydrogen) atoms. The number of furan rings is 1. The van der Waals surface area contributed by atoms with Crippen molar-refractivity contribution in [2.75, 3.05) is 0 Å². The molecule has 0 saturated heterocycles. The third-order valence-corrected chi connectivity index (χ3v) is 3.51. The Labute approximate surface area is 103 Å². The number of carbonyl (C=O) groups is 1. The summed E-state index contributed by atoms with van der Waals surface area (Å²) in [6.07, 6.45) is 1.26. The van der Waals surface area contributed by atoms with Crippen LogP contribution >= 0.6 is 11.3 Å². The van der Waals surface area contributed by atoms with E-state index in [0.717, 1.165) is 0 Å². The van der Waals surface area contributed by atoms with Gasteiger partial charge in [0, 0.05) is 10.9 Å². The quantitative estimate of drug-likeness (QED) is 0.857. The van der Waals surface area contributed by atoms with Crippen molar-refractivity contribution < 1.29 is 14.3 Å². The molecule has 0 radical (unpaired) electrons. The van der Waals surface area contributed by atoms with Gasteiger partial charge in [0.1, 0.15) is 12.0 Å². The van der Waals surface area contributed by atoms with Gasteiger partial charge in [0.2, 0.25) is 0 Å². The topological polar surface area (TPSA) is 62.5 Å². The van der Waals surface area contributed by atoms with Crippen LogP contribution in [0.3, 0.4) is 0 Å². The Bertz CT molecular complexity index is 490. The SMILES string of the molecule is C[C@H](NCc1cc(C(=O)O)co1)c1cccs1. The average Bonchev–Trinajstić information content (AvgIpc) is 2.97. The van der Waals surface area contributed by atoms with Crippen LogP contribution in [0.25, 0.3) is 0 Å². The lowest BCUT2D eigenvalue weighted by Gasteiger charge is -2.10. The molecule has 0 spiro atoms. The molecular formula is C12H13NO3S. The maximum atomic E-state index is 10.7. The van der Waals surface area contributed by atoms with Gasteiger partial charge in [-0.3, -0.25) is 0 Å². The second-order valence-corrected chi connectivity index (χ2v) is 4.70. The van der Waals surface area contributed by atoms with Crippen molar-refractivity contribution in [2.45, 2.75) is 19.5 Å². The first-order valence-corrected chi connectivity index (χ1v) is 6.12. The summed E-state index contributed by atoms with van der Waals surface area (Å²) in [6.45, 7) is 2.58. The average molecular weight is 251 g/mol. The number of thiophene rings is 1. The fourth-order valence-electron chi connectivity index (χ4n) is 1.48. The maximum Gasteiger partial charge on any atom is 0.338 e. The van der Waals surface area contributed by atoms with Crippen molar-refractivity contribution in [3.63, 3.8) is 0 Å². The highest BCUT2D eigenvalue weighted by Gasteiger charge is 2.10. The highest BCUT2D eigenvalue weighted by Crippen LogP contribution is 2.18. The number of aromatic carboxylic acids is 1. The summed E-state index contributed by atoms with van der Waals surface area (Å²) in [4.78, 5) is 11.9. The lowest BCUT2D eigenvalue weighted by molar-refractivity contribution is 0.0696. The van der Waals surface area contributed by atoms with Gasteiger partial charge in [-0.25, -0.2) is 4.79 Å². The van der Waals surface area contributed by atoms with Crippen LogP contribution < -0.4 is 5.32 Å². The Kier molecular flexibility index (Phi) is 3.61. The summed E-state index contributed by atoms with van der Waals surface area (Å²) < 4.78 is 5.15. The second kappa shape index (κ2) is 5.16. The number of hydrogen-bond acceptors (Lipinski definition) is 4. The van der Waals surface area contributed by atoms with Gasteiger partial charge in [-0.2, -0.15) is 0 Å². The van der Waals surface area contributed by atoms with E-state index in [-0.39, 0.29) is 11.6 Å². The van der Waals surface area contributed by atoms with Gasteiger partial charge >= 0.3 is 5.97 Å². The fraction of sp³-hybridized carbons (Fsp3) is 0.250. The summed E-state index contributed by atoms with van der Waals surface area (Å²) in [7, 11) is 0. The highest BCUT2D eigenvalue weighted by molar-refractivity contribution is 7.10. The molecule has 0 aliphatic rings. The van der Waals surface area contributed by atoms with E-state index in [1.165, 1.54) is 17.2 Å². The van der Waals surface area contributed by atoms with E-state index >= 15 is 0 Å². The third-order valence-electron chi connectivity index (χ3n) is 2.45. The van der Waals surface area contributed by atoms with Crippen LogP contribution in [0.4, 0.5) is 0 Å². The lowest BCUT2D eigenvalue weighted by atomic mass is 10.2. The smallest absolute Gasteiger partial charge is 0.338 e. The molecule has 5 heteroatoms. The standard InChI is InChI=1S/C12H13NO3S/c1-8(11-3-2-4-17-11)13-6-10-5-9(7-16-10)12(14)15/h2-5,7-8,13H,6H2,1H3,(H,14,15)/t8-/m0/s1. The van der Waals surface area contributed by atoms with E-state index in [2.05, 4.69) is 18.3 Å². The van der Waals surface area contributed by atoms with Crippen LogP contribution in [-0.2, 0) is 6.54 Å². The Morgan fingerprint density at radius 2 is 2.47 bits per heavy atom. The van der Waals surface area contributed by atoms with Gasteiger partial charge in [-0.1, -0.05) is 6.07 Å². The van der Waals surface area contributed by atoms with Crippen LogP contribution in [-0.4, -0.2) is 11.1 Å². The minimum Gasteiger partial charge on any atom is -0.478 e. The molecule has 2 heterocycles. The van der Waals surface area contributed by atoms with Crippen molar-refractivity contribution in [1.82, 2.24) is 5.32 Å². The van der Waals surface area contributed by atoms with Gasteiger partial charge < -0.3 is 14.8 Å². The summed E-state index contributed by atoms with van der Waals surface area (Å²) in [5.74, 6) is -0.336. The van der Waals surface area contributed by atoms with Crippen LogP contribution in [0, 0.1) is 0 Å². The molecule has 0 fully saturated rings. The molecule has 0 unspecified atom stereocenters. The number of carboxylic acids is 1. The zero-order valence-electron chi connectivity index (χ0n) is 9.34. The van der Waals surface area contributed by atoms with E-state index in [1.807, 2.05) is 11.4 Å². The van der Waals surface area contributed by atoms with Gasteiger partial charge in [-0.15, -0.1) is 11.3 Å². The van der Waals surface area contributed by atoms with Crippen LogP contribution in [0.15, 0.2) is 34.3 Å². The van der Waals surface area contributed by atoms with Crippen LogP contribution in [0.5, 0.6) is 0 Å². The Morgan fingerprint density at radius 3 is 3.06 bits per heavy atom. The van der Waals surface area contributed by atoms with Crippen molar-refractivity contribution in [3.8, 4) is 0 Å². The lowest BCUT2D eigenvalue weighted by Crippen LogP contribution is -2.16. The van der Waals surface area contributed by atoms with Crippen molar-refractivity contribution in [1.29, 1.82) is 0 Å². The van der Waals surface area contributed by atoms with Crippen LogP contribution in [0.1, 0.15) is 34.0 Å². The van der Waals surface area contributed by atoms with Crippen LogP contribution in [0.2, 0.25) is 0 Å². The Morgan fingerprint density at radius 1 is 1.65 bits per heavy atom. The molecule has 0 aromatic carbocycles. The molecule has 0 amide bonds. The molecule has 2 aromatic heterocycles. The largest absolute Gasteiger partial charge is 0.478 e. The summed E-state index contributed by atoms with van der Waals surface area (Å²) in [5.41, 5.74) is 0.186. The first-order valence-electron chi connectivity index (χ1n) is 5.24. The summed E-state index contributed by atoms with van der Waals surface area (Å²) >= 11 is 1.69. The highest BCUT2D eigenvalue weighted by atomic mass is 32.1. The molecule has 0 aliphatic heterocycles. The summed E-state index contributed by atoms with van der Waals surface area (Å²) in [6, 6.07) is 5.84. The number of rotatable bonds is 5. The molecule has 1 atom stereocenters. The first kappa shape index (κ1) is 11.9. The molecule has 0 aliphatic carbocycles. The van der Waals surface area contributed by atoms with Gasteiger partial charge in [0.05, 0.1) is 12.1 Å². The Balaban J connectivity index is 1.91. The Hall–Kier alpha value is -1.59. The molecular weight excluding hydrogens is 238 g/mol. The third kappa shape index (κ3) is 2.95. The maximum absolute atomic E-state index is 10.7. The monoisotopic (exact) mass is 251 g/mol. The molecule has 0 bridgehead atoms. The number of carboxylic acid groups (broad SMARTS) is 1. The van der Waals surface area contributed by atoms with E-state index in [1.54, 1.807) is 11.3 Å². The predicted octanol–water partition coefficient (Wildman–Crippen LogP) is 2.89. The van der Waals surface area contributed by atoms with Crippen molar-refractivity contribution in [2.24, 2.45) is 0 Å². The van der Waals surface area contributed by atoms with Gasteiger partial charge in [-0.05, 0) is 24.4 Å². The predicted molar refractivity (Wildman–Crippen MR) is 65.2 cm³/mol. The first-order chi connectivity index (χ1) is 8.16. The van der Waals surface area contributed by atoms with E-state index < -0.39 is 5.97 Å². The molecule has 0 saturated carbocycles. The summed E-state index contributed by atoms with van der Waals surface area (Å²) in [5, 5.41) is 14.1. The minimum absolute atomic E-state index is 0.186. The molecule has 2 rings (SSSR count). The zero-order valence-corrected chi connectivity index (χ0v) is 10.2. The molecule has 90 valence electrons. The minimum atomic E-state index is -0.966. The zero-order chi connectivity index (χ0) is 12.3. The number of nitrogens with one attached hydrogen (secondary N) is 1. The normalized spacial score (nSPS) is 12.5. The second-order valence-electron chi connectivity index (χ2n) is 3.72.